The summed E-state index contributed by atoms with van der Waals surface area (Å²) in [5.41, 5.74) is 0.403. The summed E-state index contributed by atoms with van der Waals surface area (Å²) in [5, 5.41) is 0. The summed E-state index contributed by atoms with van der Waals surface area (Å²) >= 11 is 0. The zero-order chi connectivity index (χ0) is 8.77. The number of hydrogen-bond donors (Lipinski definition) is 0. The highest BCUT2D eigenvalue weighted by atomic mass is 15.2. The molecule has 1 saturated heterocycles. The molecule has 12 heavy (non-hydrogen) atoms. The van der Waals surface area contributed by atoms with Crippen molar-refractivity contribution in [1.82, 2.24) is 4.90 Å². The summed E-state index contributed by atoms with van der Waals surface area (Å²) in [6, 6.07) is 0. The van der Waals surface area contributed by atoms with Gasteiger partial charge >= 0.3 is 0 Å². The molecule has 0 bridgehead atoms. The summed E-state index contributed by atoms with van der Waals surface area (Å²) in [6.45, 7) is 9.73. The molecule has 0 radical (unpaired) electrons. The van der Waals surface area contributed by atoms with Gasteiger partial charge in [-0.25, -0.2) is 0 Å². The molecule has 0 aromatic heterocycles. The highest BCUT2D eigenvalue weighted by Crippen LogP contribution is 2.41. The van der Waals surface area contributed by atoms with Crippen LogP contribution in [0.4, 0.5) is 0 Å². The minimum absolute atomic E-state index is 0.403. The fraction of sp³-hybridized carbons (Fsp3) is 1.00. The highest BCUT2D eigenvalue weighted by Gasteiger charge is 2.38. The Labute approximate surface area is 76.1 Å². The van der Waals surface area contributed by atoms with Crippen molar-refractivity contribution in [2.75, 3.05) is 13.1 Å². The van der Waals surface area contributed by atoms with Crippen molar-refractivity contribution >= 4 is 0 Å². The molecule has 2 rings (SSSR count). The van der Waals surface area contributed by atoms with Crippen molar-refractivity contribution in [2.24, 2.45) is 11.8 Å². The second kappa shape index (κ2) is 2.73. The van der Waals surface area contributed by atoms with Gasteiger partial charge in [0.25, 0.3) is 0 Å². The van der Waals surface area contributed by atoms with Crippen molar-refractivity contribution in [3.8, 4) is 0 Å². The summed E-state index contributed by atoms with van der Waals surface area (Å²) in [4.78, 5) is 2.66. The second-order valence-electron chi connectivity index (χ2n) is 5.50. The van der Waals surface area contributed by atoms with E-state index in [4.69, 9.17) is 0 Å². The first kappa shape index (κ1) is 8.55. The average molecular weight is 167 g/mol. The van der Waals surface area contributed by atoms with Gasteiger partial charge in [-0.2, -0.15) is 0 Å². The van der Waals surface area contributed by atoms with Gasteiger partial charge in [0.15, 0.2) is 0 Å². The van der Waals surface area contributed by atoms with Crippen LogP contribution in [-0.2, 0) is 0 Å². The first-order valence-electron chi connectivity index (χ1n) is 5.32. The van der Waals surface area contributed by atoms with E-state index in [2.05, 4.69) is 25.7 Å². The number of piperidine rings is 1. The first-order chi connectivity index (χ1) is 5.57. The van der Waals surface area contributed by atoms with E-state index in [1.54, 1.807) is 0 Å². The lowest BCUT2D eigenvalue weighted by molar-refractivity contribution is -0.000261. The number of likely N-dealkylation sites (tertiary alicyclic amines) is 1. The molecule has 0 aromatic carbocycles. The molecule has 1 aliphatic carbocycles. The smallest absolute Gasteiger partial charge is 0.0125 e. The lowest BCUT2D eigenvalue weighted by Gasteiger charge is -2.49. The molecule has 0 spiro atoms. The van der Waals surface area contributed by atoms with Crippen LogP contribution in [0.2, 0.25) is 0 Å². The Morgan fingerprint density at radius 2 is 1.67 bits per heavy atom. The molecule has 1 saturated carbocycles. The predicted octanol–water partition coefficient (Wildman–Crippen LogP) is 2.52. The maximum absolute atomic E-state index is 2.66. The Morgan fingerprint density at radius 1 is 1.00 bits per heavy atom. The van der Waals surface area contributed by atoms with Gasteiger partial charge in [-0.05, 0) is 58.4 Å². The van der Waals surface area contributed by atoms with Gasteiger partial charge < -0.3 is 0 Å². The number of rotatable bonds is 0. The average Bonchev–Trinajstić information content (AvgIpc) is 1.89. The van der Waals surface area contributed by atoms with Gasteiger partial charge in [0.1, 0.15) is 0 Å². The van der Waals surface area contributed by atoms with E-state index in [1.807, 2.05) is 0 Å². The largest absolute Gasteiger partial charge is 0.298 e. The third-order valence-corrected chi connectivity index (χ3v) is 3.75. The zero-order valence-electron chi connectivity index (χ0n) is 8.64. The molecule has 0 amide bonds. The Bertz CT molecular complexity index is 168. The molecule has 2 unspecified atom stereocenters. The molecule has 0 N–H and O–H groups in total. The van der Waals surface area contributed by atoms with Gasteiger partial charge in [0.05, 0.1) is 0 Å². The summed E-state index contributed by atoms with van der Waals surface area (Å²) in [5.74, 6) is 2.15. The van der Waals surface area contributed by atoms with Crippen molar-refractivity contribution in [3.63, 3.8) is 0 Å². The van der Waals surface area contributed by atoms with E-state index in [0.717, 1.165) is 11.8 Å². The number of hydrogen-bond acceptors (Lipinski definition) is 1. The summed E-state index contributed by atoms with van der Waals surface area (Å²) < 4.78 is 0. The lowest BCUT2D eigenvalue weighted by Crippen LogP contribution is -2.52. The third-order valence-electron chi connectivity index (χ3n) is 3.75. The van der Waals surface area contributed by atoms with E-state index in [0.29, 0.717) is 5.54 Å². The molecule has 2 aliphatic rings. The van der Waals surface area contributed by atoms with Crippen LogP contribution in [0.3, 0.4) is 0 Å². The summed E-state index contributed by atoms with van der Waals surface area (Å²) in [7, 11) is 0. The Kier molecular flexibility index (Phi) is 1.95. The minimum Gasteiger partial charge on any atom is -0.298 e. The fourth-order valence-corrected chi connectivity index (χ4v) is 2.56. The second-order valence-corrected chi connectivity index (χ2v) is 5.50. The Hall–Kier alpha value is -0.0400. The van der Waals surface area contributed by atoms with Crippen LogP contribution < -0.4 is 0 Å². The van der Waals surface area contributed by atoms with Crippen molar-refractivity contribution in [3.05, 3.63) is 0 Å². The molecule has 70 valence electrons. The van der Waals surface area contributed by atoms with E-state index >= 15 is 0 Å². The van der Waals surface area contributed by atoms with Crippen LogP contribution >= 0.6 is 0 Å². The third kappa shape index (κ3) is 1.39. The van der Waals surface area contributed by atoms with Gasteiger partial charge in [-0.3, -0.25) is 4.90 Å². The molecule has 2 fully saturated rings. The molecule has 2 atom stereocenters. The summed E-state index contributed by atoms with van der Waals surface area (Å²) in [6.07, 6.45) is 4.47. The van der Waals surface area contributed by atoms with Crippen molar-refractivity contribution in [1.29, 1.82) is 0 Å². The Balaban J connectivity index is 1.94. The van der Waals surface area contributed by atoms with Crippen molar-refractivity contribution < 1.29 is 0 Å². The molecular weight excluding hydrogens is 146 g/mol. The van der Waals surface area contributed by atoms with Gasteiger partial charge in [0, 0.05) is 12.1 Å². The lowest BCUT2D eigenvalue weighted by atomic mass is 9.69. The minimum atomic E-state index is 0.403. The van der Waals surface area contributed by atoms with Crippen LogP contribution in [0, 0.1) is 11.8 Å². The molecule has 0 aromatic rings. The SMILES string of the molecule is CC(C)(C)N1CCC2CCC2C1. The van der Waals surface area contributed by atoms with Crippen LogP contribution in [0.1, 0.15) is 40.0 Å². The van der Waals surface area contributed by atoms with Gasteiger partial charge in [-0.15, -0.1) is 0 Å². The van der Waals surface area contributed by atoms with Crippen LogP contribution in [0.5, 0.6) is 0 Å². The first-order valence-corrected chi connectivity index (χ1v) is 5.32. The monoisotopic (exact) mass is 167 g/mol. The fourth-order valence-electron chi connectivity index (χ4n) is 2.56. The van der Waals surface area contributed by atoms with Gasteiger partial charge in [-0.1, -0.05) is 0 Å². The van der Waals surface area contributed by atoms with Crippen LogP contribution in [0.25, 0.3) is 0 Å². The standard InChI is InChI=1S/C11H21N/c1-11(2,3)12-7-6-9-4-5-10(9)8-12/h9-10H,4-8H2,1-3H3. The molecule has 1 heteroatoms. The highest BCUT2D eigenvalue weighted by molar-refractivity contribution is 4.91. The van der Waals surface area contributed by atoms with E-state index in [1.165, 1.54) is 32.4 Å². The van der Waals surface area contributed by atoms with E-state index in [-0.39, 0.29) is 0 Å². The number of fused-ring (bicyclic) bond motifs is 1. The van der Waals surface area contributed by atoms with Gasteiger partial charge in [0.2, 0.25) is 0 Å². The molecule has 1 aliphatic heterocycles. The molecule has 1 heterocycles. The Morgan fingerprint density at radius 3 is 2.08 bits per heavy atom. The van der Waals surface area contributed by atoms with Crippen LogP contribution in [-0.4, -0.2) is 23.5 Å². The van der Waals surface area contributed by atoms with Crippen molar-refractivity contribution in [2.45, 2.75) is 45.6 Å². The maximum atomic E-state index is 2.66. The zero-order valence-corrected chi connectivity index (χ0v) is 8.64. The maximum Gasteiger partial charge on any atom is 0.0125 e. The normalized spacial score (nSPS) is 37.2. The topological polar surface area (TPSA) is 3.24 Å². The quantitative estimate of drug-likeness (QED) is 0.536. The van der Waals surface area contributed by atoms with Crippen LogP contribution in [0.15, 0.2) is 0 Å². The predicted molar refractivity (Wildman–Crippen MR) is 52.2 cm³/mol. The molecule has 1 nitrogen and oxygen atoms in total. The van der Waals surface area contributed by atoms with E-state index in [9.17, 15) is 0 Å². The van der Waals surface area contributed by atoms with E-state index < -0.39 is 0 Å². The molecular formula is C11H21N. The number of nitrogens with zero attached hydrogens (tertiary/aromatic N) is 1.